The molecule has 0 spiro atoms. The summed E-state index contributed by atoms with van der Waals surface area (Å²) in [6.45, 7) is 0.512. The van der Waals surface area contributed by atoms with E-state index in [1.807, 2.05) is 60.7 Å². The van der Waals surface area contributed by atoms with Gasteiger partial charge in [-0.15, -0.1) is 23.5 Å². The number of rotatable bonds is 7. The molecular formula is C26H23N3O5S2. The molecule has 2 aromatic rings. The van der Waals surface area contributed by atoms with Gasteiger partial charge in [0.05, 0.1) is 5.75 Å². The fourth-order valence-corrected chi connectivity index (χ4v) is 6.48. The Morgan fingerprint density at radius 1 is 1.08 bits per heavy atom. The van der Waals surface area contributed by atoms with Gasteiger partial charge in [0.15, 0.2) is 0 Å². The van der Waals surface area contributed by atoms with E-state index in [0.29, 0.717) is 29.9 Å². The van der Waals surface area contributed by atoms with E-state index >= 15 is 0 Å². The number of nitrogens with one attached hydrogen (secondary N) is 1. The maximum Gasteiger partial charge on any atom is 0.352 e. The molecule has 3 aliphatic rings. The molecule has 0 radical (unpaired) electrons. The van der Waals surface area contributed by atoms with Crippen molar-refractivity contribution in [1.82, 2.24) is 10.2 Å². The third-order valence-electron chi connectivity index (χ3n) is 6.17. The normalized spacial score (nSPS) is 22.5. The Bertz CT molecular complexity index is 1280. The summed E-state index contributed by atoms with van der Waals surface area (Å²) in [5.41, 5.74) is 1.62. The van der Waals surface area contributed by atoms with Crippen LogP contribution in [0.15, 0.2) is 88.5 Å². The number of amides is 3. The molecule has 2 aromatic carbocycles. The highest BCUT2D eigenvalue weighted by molar-refractivity contribution is 8.00. The molecule has 184 valence electrons. The number of aliphatic carboxylic acids is 1. The molecule has 0 bridgehead atoms. The Morgan fingerprint density at radius 3 is 2.47 bits per heavy atom. The zero-order valence-electron chi connectivity index (χ0n) is 19.1. The van der Waals surface area contributed by atoms with Crippen LogP contribution in [0, 0.1) is 0 Å². The number of nitrogens with zero attached hydrogens (tertiary/aromatic N) is 2. The van der Waals surface area contributed by atoms with E-state index in [9.17, 15) is 24.3 Å². The van der Waals surface area contributed by atoms with Crippen LogP contribution in [0.1, 0.15) is 6.42 Å². The lowest BCUT2D eigenvalue weighted by molar-refractivity contribution is -0.150. The van der Waals surface area contributed by atoms with E-state index < -0.39 is 23.3 Å². The lowest BCUT2D eigenvalue weighted by Gasteiger charge is -2.49. The number of benzene rings is 2. The summed E-state index contributed by atoms with van der Waals surface area (Å²) in [6, 6.07) is 18.0. The van der Waals surface area contributed by atoms with Gasteiger partial charge in [0.1, 0.15) is 17.1 Å². The van der Waals surface area contributed by atoms with Crippen molar-refractivity contribution in [2.45, 2.75) is 22.7 Å². The fraction of sp³-hybridized carbons (Fsp3) is 0.231. The Hall–Kier alpha value is -3.50. The number of carboxylic acids is 1. The van der Waals surface area contributed by atoms with Crippen LogP contribution in [0.4, 0.5) is 5.69 Å². The topological polar surface area (TPSA) is 107 Å². The van der Waals surface area contributed by atoms with Gasteiger partial charge in [-0.2, -0.15) is 0 Å². The molecule has 10 heteroatoms. The third kappa shape index (κ3) is 4.66. The summed E-state index contributed by atoms with van der Waals surface area (Å²) in [5, 5.41) is 12.2. The number of hydrogen-bond donors (Lipinski definition) is 2. The molecule has 3 aliphatic heterocycles. The van der Waals surface area contributed by atoms with Crippen molar-refractivity contribution in [3.8, 4) is 0 Å². The highest BCUT2D eigenvalue weighted by Gasteiger charge is 2.54. The second-order valence-electron chi connectivity index (χ2n) is 8.45. The quantitative estimate of drug-likeness (QED) is 0.328. The molecule has 36 heavy (non-hydrogen) atoms. The number of fused-ring (bicyclic) bond motifs is 1. The van der Waals surface area contributed by atoms with E-state index in [1.54, 1.807) is 11.0 Å². The van der Waals surface area contributed by atoms with E-state index in [-0.39, 0.29) is 23.3 Å². The number of carboxylic acid groups (broad SMARTS) is 1. The highest BCUT2D eigenvalue weighted by Crippen LogP contribution is 2.41. The number of β-lactam (4-membered cyclic amide) rings is 1. The molecule has 3 amide bonds. The minimum Gasteiger partial charge on any atom is -0.477 e. The van der Waals surface area contributed by atoms with Crippen LogP contribution in [0.5, 0.6) is 0 Å². The Kier molecular flexibility index (Phi) is 6.88. The summed E-state index contributed by atoms with van der Waals surface area (Å²) in [7, 11) is 0. The van der Waals surface area contributed by atoms with Crippen LogP contribution in [0.2, 0.25) is 0 Å². The SMILES string of the molecule is O=C(CSc1ccccc1)N[C@@H]1C(=O)N2C(C(=O)O)=C(C=C3CCN(c4ccccc4)C3=O)CS[C@H]12. The molecule has 8 nitrogen and oxygen atoms in total. The molecular weight excluding hydrogens is 498 g/mol. The van der Waals surface area contributed by atoms with Gasteiger partial charge in [-0.1, -0.05) is 36.4 Å². The van der Waals surface area contributed by atoms with Crippen LogP contribution in [0.25, 0.3) is 0 Å². The van der Waals surface area contributed by atoms with Crippen molar-refractivity contribution in [3.05, 3.63) is 83.6 Å². The maximum absolute atomic E-state index is 13.0. The van der Waals surface area contributed by atoms with Gasteiger partial charge in [-0.05, 0) is 42.3 Å². The molecule has 3 heterocycles. The van der Waals surface area contributed by atoms with Crippen molar-refractivity contribution in [2.75, 3.05) is 23.0 Å². The Balaban J connectivity index is 1.28. The standard InChI is InChI=1S/C26H23N3O5S2/c30-20(15-35-19-9-5-2-6-10-19)27-21-24(32)29-22(26(33)34)17(14-36-25(21)29)13-16-11-12-28(23(16)31)18-7-3-1-4-8-18/h1-10,13,21,25H,11-12,14-15H2,(H,27,30)(H,33,34)/t21-,25-/m1/s1. The van der Waals surface area contributed by atoms with Crippen molar-refractivity contribution < 1.29 is 24.3 Å². The first-order valence-corrected chi connectivity index (χ1v) is 13.4. The zero-order valence-corrected chi connectivity index (χ0v) is 20.8. The predicted octanol–water partition coefficient (Wildman–Crippen LogP) is 2.88. The molecule has 2 atom stereocenters. The number of para-hydroxylation sites is 1. The number of anilines is 1. The van der Waals surface area contributed by atoms with Gasteiger partial charge in [-0.25, -0.2) is 4.79 Å². The first-order chi connectivity index (χ1) is 17.4. The second kappa shape index (κ2) is 10.2. The number of carbonyl (C=O) groups excluding carboxylic acids is 3. The average Bonchev–Trinajstić information content (AvgIpc) is 3.26. The van der Waals surface area contributed by atoms with E-state index in [2.05, 4.69) is 5.32 Å². The molecule has 2 fully saturated rings. The van der Waals surface area contributed by atoms with Crippen molar-refractivity contribution in [3.63, 3.8) is 0 Å². The molecule has 0 unspecified atom stereocenters. The highest BCUT2D eigenvalue weighted by atomic mass is 32.2. The van der Waals surface area contributed by atoms with Crippen LogP contribution < -0.4 is 10.2 Å². The van der Waals surface area contributed by atoms with Gasteiger partial charge < -0.3 is 15.3 Å². The molecule has 0 aromatic heterocycles. The smallest absolute Gasteiger partial charge is 0.352 e. The predicted molar refractivity (Wildman–Crippen MR) is 138 cm³/mol. The van der Waals surface area contributed by atoms with Crippen LogP contribution in [-0.2, 0) is 19.2 Å². The number of allylic oxidation sites excluding steroid dienone is 1. The van der Waals surface area contributed by atoms with Crippen molar-refractivity contribution in [2.24, 2.45) is 0 Å². The average molecular weight is 522 g/mol. The molecule has 2 saturated heterocycles. The van der Waals surface area contributed by atoms with E-state index in [4.69, 9.17) is 0 Å². The van der Waals surface area contributed by atoms with E-state index in [1.165, 1.54) is 28.4 Å². The largest absolute Gasteiger partial charge is 0.477 e. The van der Waals surface area contributed by atoms with Gasteiger partial charge in [0.25, 0.3) is 11.8 Å². The lowest BCUT2D eigenvalue weighted by atomic mass is 10.0. The minimum atomic E-state index is -1.23. The number of thioether (sulfide) groups is 2. The van der Waals surface area contributed by atoms with E-state index in [0.717, 1.165) is 10.6 Å². The Labute approximate surface area is 216 Å². The molecule has 0 saturated carbocycles. The van der Waals surface area contributed by atoms with Crippen molar-refractivity contribution >= 4 is 52.9 Å². The molecule has 0 aliphatic carbocycles. The van der Waals surface area contributed by atoms with Crippen LogP contribution in [0.3, 0.4) is 0 Å². The minimum absolute atomic E-state index is 0.119. The maximum atomic E-state index is 13.0. The van der Waals surface area contributed by atoms with Gasteiger partial charge in [0.2, 0.25) is 5.91 Å². The zero-order chi connectivity index (χ0) is 25.2. The first-order valence-electron chi connectivity index (χ1n) is 11.4. The van der Waals surface area contributed by atoms with Crippen LogP contribution in [-0.4, -0.2) is 63.2 Å². The van der Waals surface area contributed by atoms with Crippen LogP contribution >= 0.6 is 23.5 Å². The summed E-state index contributed by atoms with van der Waals surface area (Å²) in [4.78, 5) is 54.3. The summed E-state index contributed by atoms with van der Waals surface area (Å²) < 4.78 is 0. The molecule has 5 rings (SSSR count). The summed E-state index contributed by atoms with van der Waals surface area (Å²) in [6.07, 6.45) is 2.11. The van der Waals surface area contributed by atoms with Gasteiger partial charge in [-0.3, -0.25) is 19.3 Å². The second-order valence-corrected chi connectivity index (χ2v) is 10.6. The van der Waals surface area contributed by atoms with Gasteiger partial charge >= 0.3 is 5.97 Å². The molecule has 2 N–H and O–H groups in total. The fourth-order valence-electron chi connectivity index (χ4n) is 4.45. The number of hydrogen-bond acceptors (Lipinski definition) is 6. The summed E-state index contributed by atoms with van der Waals surface area (Å²) in [5.74, 6) is -1.65. The van der Waals surface area contributed by atoms with Crippen molar-refractivity contribution in [1.29, 1.82) is 0 Å². The van der Waals surface area contributed by atoms with Gasteiger partial charge in [0, 0.05) is 28.5 Å². The summed E-state index contributed by atoms with van der Waals surface area (Å²) >= 11 is 2.75. The first kappa shape index (κ1) is 24.2. The lowest BCUT2D eigenvalue weighted by Crippen LogP contribution is -2.70. The Morgan fingerprint density at radius 2 is 1.78 bits per heavy atom. The number of carbonyl (C=O) groups is 4. The third-order valence-corrected chi connectivity index (χ3v) is 8.49. The monoisotopic (exact) mass is 521 g/mol.